The van der Waals surface area contributed by atoms with E-state index in [1.807, 2.05) is 0 Å². The standard InChI is InChI=1S/C22H19FN4O4.C12H8FNO3.C10H13N3O2.CH4.ClH/c1-13-19(22(29)27(2)20-18(30-13)8-5-10-25-20)26-21(28)16-12-14(9-11-24-16)31-17-7-4-3-6-15(17)23;13-9-3-1-2-4-11(9)17-8-5-6-14-10(7-8)12(15)16;1-6-8(11)10(14)13(2)9-7(15-6)4-3-5-12-9;;/h3-13,19H,1-2H3,(H,26,28);1-7H,(H,15,16);3-6,8H,11H2,1-2H3;1H4;1H/t13-,19+;;6-,8+;;/m1.1../s1. The van der Waals surface area contributed by atoms with Crippen molar-refractivity contribution in [3.05, 3.63) is 145 Å². The van der Waals surface area contributed by atoms with Crippen LogP contribution >= 0.6 is 12.4 Å². The zero-order valence-corrected chi connectivity index (χ0v) is 35.3. The molecule has 0 saturated heterocycles. The number of anilines is 2. The van der Waals surface area contributed by atoms with Crippen LogP contribution in [-0.2, 0) is 9.59 Å². The normalized spacial score (nSPS) is 17.0. The lowest BCUT2D eigenvalue weighted by Gasteiger charge is -2.23. The monoisotopic (exact) mass is 914 g/mol. The van der Waals surface area contributed by atoms with Gasteiger partial charge in [-0.15, -0.1) is 12.4 Å². The summed E-state index contributed by atoms with van der Waals surface area (Å²) in [6.45, 7) is 3.46. The van der Waals surface area contributed by atoms with E-state index in [1.165, 1.54) is 76.8 Å². The number of rotatable bonds is 7. The van der Waals surface area contributed by atoms with E-state index < -0.39 is 41.7 Å². The molecular formula is C45H45ClF2N8O9. The number of carbonyl (C=O) groups excluding carboxylic acids is 3. The number of pyridine rings is 4. The number of benzene rings is 2. The highest BCUT2D eigenvalue weighted by atomic mass is 35.5. The molecule has 6 aromatic rings. The second-order valence-corrected chi connectivity index (χ2v) is 13.7. The largest absolute Gasteiger partial charge is 0.485 e. The molecule has 0 fully saturated rings. The number of nitrogens with zero attached hydrogens (tertiary/aromatic N) is 6. The zero-order valence-electron chi connectivity index (χ0n) is 34.5. The third-order valence-corrected chi connectivity index (χ3v) is 9.28. The number of carboxylic acid groups (broad SMARTS) is 1. The third-order valence-electron chi connectivity index (χ3n) is 9.28. The lowest BCUT2D eigenvalue weighted by Crippen LogP contribution is -2.53. The van der Waals surface area contributed by atoms with Gasteiger partial charge in [-0.2, -0.15) is 0 Å². The van der Waals surface area contributed by atoms with Gasteiger partial charge in [0.25, 0.3) is 11.8 Å². The molecule has 0 saturated carbocycles. The van der Waals surface area contributed by atoms with E-state index in [0.717, 1.165) is 0 Å². The lowest BCUT2D eigenvalue weighted by atomic mass is 10.1. The second-order valence-electron chi connectivity index (χ2n) is 13.7. The summed E-state index contributed by atoms with van der Waals surface area (Å²) in [5.74, 6) is -0.925. The Hall–Kier alpha value is -7.77. The van der Waals surface area contributed by atoms with Gasteiger partial charge in [0.1, 0.15) is 41.5 Å². The summed E-state index contributed by atoms with van der Waals surface area (Å²) < 4.78 is 49.2. The first-order valence-corrected chi connectivity index (χ1v) is 19.1. The van der Waals surface area contributed by atoms with Crippen LogP contribution in [0.3, 0.4) is 0 Å². The highest BCUT2D eigenvalue weighted by Crippen LogP contribution is 2.31. The molecule has 2 aromatic carbocycles. The van der Waals surface area contributed by atoms with Crippen molar-refractivity contribution in [3.63, 3.8) is 0 Å². The Kier molecular flexibility index (Phi) is 17.3. The molecule has 4 aromatic heterocycles. The summed E-state index contributed by atoms with van der Waals surface area (Å²) in [4.78, 5) is 67.0. The summed E-state index contributed by atoms with van der Waals surface area (Å²) >= 11 is 0. The summed E-state index contributed by atoms with van der Waals surface area (Å²) in [6, 6.07) is 22.7. The van der Waals surface area contributed by atoms with Crippen LogP contribution in [0.5, 0.6) is 34.5 Å². The third kappa shape index (κ3) is 12.2. The van der Waals surface area contributed by atoms with Crippen molar-refractivity contribution >= 4 is 47.7 Å². The number of carbonyl (C=O) groups is 4. The first-order valence-electron chi connectivity index (χ1n) is 19.1. The van der Waals surface area contributed by atoms with Gasteiger partial charge in [-0.3, -0.25) is 29.2 Å². The molecule has 0 spiro atoms. The number of carboxylic acids is 1. The van der Waals surface area contributed by atoms with Gasteiger partial charge in [0.2, 0.25) is 5.91 Å². The molecule has 0 bridgehead atoms. The van der Waals surface area contributed by atoms with Crippen molar-refractivity contribution in [2.45, 2.75) is 45.6 Å². The molecule has 0 unspecified atom stereocenters. The molecule has 340 valence electrons. The minimum atomic E-state index is -1.16. The fourth-order valence-electron chi connectivity index (χ4n) is 5.93. The Balaban J connectivity index is 0.000000231. The second kappa shape index (κ2) is 22.5. The molecule has 4 atom stereocenters. The van der Waals surface area contributed by atoms with Crippen molar-refractivity contribution in [2.24, 2.45) is 5.73 Å². The fraction of sp³-hybridized carbons (Fsp3) is 0.200. The van der Waals surface area contributed by atoms with Crippen molar-refractivity contribution in [2.75, 3.05) is 23.9 Å². The van der Waals surface area contributed by atoms with Crippen LogP contribution in [0, 0.1) is 11.6 Å². The number of aromatic nitrogens is 4. The van der Waals surface area contributed by atoms with Crippen molar-refractivity contribution in [1.82, 2.24) is 25.3 Å². The molecule has 4 N–H and O–H groups in total. The molecule has 0 radical (unpaired) electrons. The predicted molar refractivity (Wildman–Crippen MR) is 237 cm³/mol. The van der Waals surface area contributed by atoms with Gasteiger partial charge in [-0.25, -0.2) is 28.5 Å². The van der Waals surface area contributed by atoms with Gasteiger partial charge in [-0.1, -0.05) is 31.7 Å². The summed E-state index contributed by atoms with van der Waals surface area (Å²) in [7, 11) is 3.21. The maximum atomic E-state index is 13.8. The number of amides is 3. The van der Waals surface area contributed by atoms with Crippen LogP contribution in [-0.4, -0.2) is 87.1 Å². The summed E-state index contributed by atoms with van der Waals surface area (Å²) in [5.41, 5.74) is 5.60. The highest BCUT2D eigenvalue weighted by molar-refractivity contribution is 6.02. The molecule has 6 heterocycles. The van der Waals surface area contributed by atoms with Crippen LogP contribution in [0.25, 0.3) is 0 Å². The minimum Gasteiger partial charge on any atom is -0.485 e. The summed E-state index contributed by atoms with van der Waals surface area (Å²) in [6.07, 6.45) is 4.84. The molecule has 65 heavy (non-hydrogen) atoms. The van der Waals surface area contributed by atoms with Crippen LogP contribution in [0.15, 0.2) is 122 Å². The van der Waals surface area contributed by atoms with Gasteiger partial charge in [-0.05, 0) is 74.5 Å². The number of nitrogens with one attached hydrogen (secondary N) is 1. The maximum absolute atomic E-state index is 13.8. The number of nitrogens with two attached hydrogens (primary N) is 1. The highest BCUT2D eigenvalue weighted by Gasteiger charge is 2.37. The van der Waals surface area contributed by atoms with E-state index in [4.69, 9.17) is 29.8 Å². The quantitative estimate of drug-likeness (QED) is 0.149. The molecule has 3 amide bonds. The average molecular weight is 915 g/mol. The number of hydrogen-bond acceptors (Lipinski definition) is 13. The number of ether oxygens (including phenoxy) is 4. The molecule has 2 aliphatic heterocycles. The van der Waals surface area contributed by atoms with Gasteiger partial charge in [0.05, 0.1) is 0 Å². The topological polar surface area (TPSA) is 222 Å². The SMILES string of the molecule is C.C[C@H]1Oc2cccnc2N(C)C(=O)[C@H]1N.C[C@H]1Oc2cccnc2N(C)C(=O)[C@H]1NC(=O)c1cc(Oc2ccccc2F)ccn1.Cl.O=C(O)c1cc(Oc2ccccc2F)ccn1. The van der Waals surface area contributed by atoms with E-state index in [2.05, 4.69) is 25.3 Å². The van der Waals surface area contributed by atoms with Crippen LogP contribution in [0.4, 0.5) is 20.4 Å². The minimum absolute atomic E-state index is 0. The van der Waals surface area contributed by atoms with Gasteiger partial charge >= 0.3 is 5.97 Å². The van der Waals surface area contributed by atoms with Crippen LogP contribution < -0.4 is 39.8 Å². The predicted octanol–water partition coefficient (Wildman–Crippen LogP) is 6.87. The molecule has 17 nitrogen and oxygen atoms in total. The smallest absolute Gasteiger partial charge is 0.354 e. The van der Waals surface area contributed by atoms with Crippen molar-refractivity contribution in [1.29, 1.82) is 0 Å². The first-order chi connectivity index (χ1) is 30.2. The average Bonchev–Trinajstić information content (AvgIpc) is 3.42. The number of fused-ring (bicyclic) bond motifs is 2. The Morgan fingerprint density at radius 2 is 1.14 bits per heavy atom. The molecule has 20 heteroatoms. The van der Waals surface area contributed by atoms with E-state index >= 15 is 0 Å². The van der Waals surface area contributed by atoms with Crippen LogP contribution in [0.1, 0.15) is 42.3 Å². The number of para-hydroxylation sites is 2. The lowest BCUT2D eigenvalue weighted by molar-refractivity contribution is -0.122. The number of likely N-dealkylation sites (N-methyl/N-ethyl adjacent to an activating group) is 2. The van der Waals surface area contributed by atoms with E-state index in [1.54, 1.807) is 82.8 Å². The maximum Gasteiger partial charge on any atom is 0.354 e. The van der Waals surface area contributed by atoms with E-state index in [0.29, 0.717) is 23.1 Å². The van der Waals surface area contributed by atoms with Crippen molar-refractivity contribution in [3.8, 4) is 34.5 Å². The van der Waals surface area contributed by atoms with Gasteiger partial charge < -0.3 is 35.1 Å². The Labute approximate surface area is 378 Å². The fourth-order valence-corrected chi connectivity index (χ4v) is 5.93. The summed E-state index contributed by atoms with van der Waals surface area (Å²) in [5, 5.41) is 11.4. The van der Waals surface area contributed by atoms with Crippen LogP contribution in [0.2, 0.25) is 0 Å². The molecule has 0 aliphatic carbocycles. The number of aromatic carboxylic acids is 1. The molecule has 8 rings (SSSR count). The Morgan fingerprint density at radius 3 is 1.65 bits per heavy atom. The van der Waals surface area contributed by atoms with E-state index in [-0.39, 0.29) is 72.1 Å². The molecule has 2 aliphatic rings. The van der Waals surface area contributed by atoms with Crippen molar-refractivity contribution < 1.29 is 52.0 Å². The zero-order chi connectivity index (χ0) is 45.2. The van der Waals surface area contributed by atoms with Gasteiger partial charge in [0, 0.05) is 51.0 Å². The number of hydrogen-bond donors (Lipinski definition) is 3. The first kappa shape index (κ1) is 49.9. The Bertz CT molecular complexity index is 2630. The number of halogens is 3. The Morgan fingerprint density at radius 1 is 0.677 bits per heavy atom. The molecular weight excluding hydrogens is 870 g/mol. The van der Waals surface area contributed by atoms with Gasteiger partial charge in [0.15, 0.2) is 52.0 Å². The van der Waals surface area contributed by atoms with E-state index in [9.17, 15) is 28.0 Å².